The Morgan fingerprint density at radius 3 is 2.88 bits per heavy atom. The number of methoxy groups -OCH3 is 1. The van der Waals surface area contributed by atoms with Crippen LogP contribution in [0.25, 0.3) is 0 Å². The molecule has 2 rings (SSSR count). The molecule has 1 N–H and O–H groups in total. The summed E-state index contributed by atoms with van der Waals surface area (Å²) in [7, 11) is 1.66. The van der Waals surface area contributed by atoms with Gasteiger partial charge in [-0.05, 0) is 19.1 Å². The van der Waals surface area contributed by atoms with Crippen molar-refractivity contribution in [1.29, 1.82) is 0 Å². The number of nitrogens with zero attached hydrogens (tertiary/aromatic N) is 1. The predicted octanol–water partition coefficient (Wildman–Crippen LogP) is 3.83. The number of nitrogens with one attached hydrogen (secondary N) is 1. The Labute approximate surface area is 113 Å². The number of aromatic nitrogens is 1. The van der Waals surface area contributed by atoms with Gasteiger partial charge >= 0.3 is 0 Å². The van der Waals surface area contributed by atoms with Gasteiger partial charge in [0.05, 0.1) is 13.7 Å². The van der Waals surface area contributed by atoms with E-state index in [2.05, 4.69) is 31.6 Å². The molecule has 0 aliphatic rings. The fraction of sp³-hybridized carbons (Fsp3) is 0.250. The number of aryl methyl sites for hydroxylation is 1. The lowest BCUT2D eigenvalue weighted by molar-refractivity contribution is 0.414. The van der Waals surface area contributed by atoms with Crippen LogP contribution in [0.1, 0.15) is 10.7 Å². The second kappa shape index (κ2) is 5.51. The number of halogens is 1. The summed E-state index contributed by atoms with van der Waals surface area (Å²) in [6, 6.07) is 5.91. The maximum atomic E-state index is 5.21. The van der Waals surface area contributed by atoms with Crippen LogP contribution in [0.3, 0.4) is 0 Å². The molecule has 0 atom stereocenters. The Balaban J connectivity index is 2.05. The van der Waals surface area contributed by atoms with Gasteiger partial charge in [0.2, 0.25) is 0 Å². The number of hydrogen-bond donors (Lipinski definition) is 1. The van der Waals surface area contributed by atoms with Crippen molar-refractivity contribution in [2.24, 2.45) is 0 Å². The van der Waals surface area contributed by atoms with E-state index in [0.29, 0.717) is 0 Å². The lowest BCUT2D eigenvalue weighted by atomic mass is 10.3. The zero-order valence-electron chi connectivity index (χ0n) is 9.66. The molecule has 0 fully saturated rings. The molecule has 1 heterocycles. The van der Waals surface area contributed by atoms with Crippen LogP contribution in [-0.2, 0) is 6.54 Å². The molecule has 2 aromatic rings. The summed E-state index contributed by atoms with van der Waals surface area (Å²) in [6.07, 6.45) is 0. The van der Waals surface area contributed by atoms with Gasteiger partial charge in [0.25, 0.3) is 0 Å². The highest BCUT2D eigenvalue weighted by Crippen LogP contribution is 2.25. The lowest BCUT2D eigenvalue weighted by Crippen LogP contribution is -1.99. The van der Waals surface area contributed by atoms with Crippen molar-refractivity contribution in [1.82, 2.24) is 4.98 Å². The van der Waals surface area contributed by atoms with E-state index in [9.17, 15) is 0 Å². The quantitative estimate of drug-likeness (QED) is 0.931. The van der Waals surface area contributed by atoms with Crippen molar-refractivity contribution >= 4 is 33.0 Å². The molecule has 5 heteroatoms. The number of benzene rings is 1. The summed E-state index contributed by atoms with van der Waals surface area (Å²) in [6.45, 7) is 2.74. The summed E-state index contributed by atoms with van der Waals surface area (Å²) in [5, 5.41) is 6.47. The molecule has 0 saturated carbocycles. The molecule has 1 aromatic carbocycles. The van der Waals surface area contributed by atoms with E-state index >= 15 is 0 Å². The first kappa shape index (κ1) is 12.4. The Bertz CT molecular complexity index is 513. The Kier molecular flexibility index (Phi) is 4.02. The van der Waals surface area contributed by atoms with E-state index in [1.165, 1.54) is 0 Å². The van der Waals surface area contributed by atoms with Crippen LogP contribution in [0.15, 0.2) is 28.1 Å². The Morgan fingerprint density at radius 1 is 1.41 bits per heavy atom. The smallest absolute Gasteiger partial charge is 0.122 e. The number of hydrogen-bond acceptors (Lipinski definition) is 4. The van der Waals surface area contributed by atoms with Gasteiger partial charge in [0.1, 0.15) is 10.8 Å². The molecule has 0 spiro atoms. The fourth-order valence-electron chi connectivity index (χ4n) is 1.44. The van der Waals surface area contributed by atoms with Crippen LogP contribution in [0.5, 0.6) is 5.75 Å². The molecule has 90 valence electrons. The topological polar surface area (TPSA) is 34.1 Å². The number of anilines is 1. The number of rotatable bonds is 4. The Morgan fingerprint density at radius 2 is 2.24 bits per heavy atom. The zero-order chi connectivity index (χ0) is 12.3. The first-order valence-electron chi connectivity index (χ1n) is 5.17. The van der Waals surface area contributed by atoms with Crippen molar-refractivity contribution in [2.45, 2.75) is 13.5 Å². The van der Waals surface area contributed by atoms with Crippen molar-refractivity contribution < 1.29 is 4.74 Å². The monoisotopic (exact) mass is 312 g/mol. The number of thiazole rings is 1. The van der Waals surface area contributed by atoms with Gasteiger partial charge in [-0.2, -0.15) is 0 Å². The van der Waals surface area contributed by atoms with Gasteiger partial charge in [-0.15, -0.1) is 11.3 Å². The largest absolute Gasteiger partial charge is 0.497 e. The molecule has 0 aliphatic heterocycles. The highest BCUT2D eigenvalue weighted by atomic mass is 79.9. The van der Waals surface area contributed by atoms with Crippen molar-refractivity contribution in [3.63, 3.8) is 0 Å². The molecule has 3 nitrogen and oxygen atoms in total. The van der Waals surface area contributed by atoms with Gasteiger partial charge in [-0.3, -0.25) is 0 Å². The third-order valence-corrected chi connectivity index (χ3v) is 3.64. The molecule has 0 aliphatic carbocycles. The first-order valence-corrected chi connectivity index (χ1v) is 6.84. The van der Waals surface area contributed by atoms with Crippen LogP contribution < -0.4 is 10.1 Å². The minimum atomic E-state index is 0.734. The van der Waals surface area contributed by atoms with E-state index in [1.807, 2.05) is 25.1 Å². The fourth-order valence-corrected chi connectivity index (χ4v) is 2.63. The van der Waals surface area contributed by atoms with Gasteiger partial charge in [-0.25, -0.2) is 4.98 Å². The van der Waals surface area contributed by atoms with Gasteiger partial charge in [0.15, 0.2) is 0 Å². The van der Waals surface area contributed by atoms with Crippen molar-refractivity contribution in [3.05, 3.63) is 38.8 Å². The first-order chi connectivity index (χ1) is 8.17. The molecular formula is C12H13BrN2OS. The molecule has 0 amide bonds. The molecule has 0 saturated heterocycles. The molecule has 0 radical (unpaired) electrons. The summed E-state index contributed by atoms with van der Waals surface area (Å²) in [4.78, 5) is 4.40. The van der Waals surface area contributed by atoms with E-state index in [4.69, 9.17) is 4.74 Å². The van der Waals surface area contributed by atoms with Crippen LogP contribution in [0.4, 0.5) is 5.69 Å². The maximum absolute atomic E-state index is 5.21. The summed E-state index contributed by atoms with van der Waals surface area (Å²) in [5.41, 5.74) is 2.09. The van der Waals surface area contributed by atoms with Gasteiger partial charge in [-0.1, -0.05) is 15.9 Å². The van der Waals surface area contributed by atoms with Crippen LogP contribution >= 0.6 is 27.3 Å². The van der Waals surface area contributed by atoms with E-state index in [-0.39, 0.29) is 0 Å². The summed E-state index contributed by atoms with van der Waals surface area (Å²) < 4.78 is 6.20. The van der Waals surface area contributed by atoms with E-state index < -0.39 is 0 Å². The average molecular weight is 313 g/mol. The minimum Gasteiger partial charge on any atom is -0.497 e. The zero-order valence-corrected chi connectivity index (χ0v) is 12.1. The second-order valence-electron chi connectivity index (χ2n) is 3.62. The molecule has 17 heavy (non-hydrogen) atoms. The van der Waals surface area contributed by atoms with Crippen molar-refractivity contribution in [3.8, 4) is 5.75 Å². The minimum absolute atomic E-state index is 0.734. The SMILES string of the molecule is COc1cc(Br)cc(NCc2nc(C)cs2)c1. The van der Waals surface area contributed by atoms with Crippen molar-refractivity contribution in [2.75, 3.05) is 12.4 Å². The van der Waals surface area contributed by atoms with Crippen LogP contribution in [-0.4, -0.2) is 12.1 Å². The highest BCUT2D eigenvalue weighted by Gasteiger charge is 2.01. The molecule has 0 bridgehead atoms. The molecular weight excluding hydrogens is 300 g/mol. The Hall–Kier alpha value is -1.07. The third kappa shape index (κ3) is 3.44. The average Bonchev–Trinajstić information content (AvgIpc) is 2.72. The van der Waals surface area contributed by atoms with Gasteiger partial charge in [0, 0.05) is 27.3 Å². The molecule has 1 aromatic heterocycles. The van der Waals surface area contributed by atoms with Gasteiger partial charge < -0.3 is 10.1 Å². The normalized spacial score (nSPS) is 10.3. The standard InChI is InChI=1S/C12H13BrN2OS/c1-8-7-17-12(15-8)6-14-10-3-9(13)4-11(5-10)16-2/h3-5,7,14H,6H2,1-2H3. The second-order valence-corrected chi connectivity index (χ2v) is 5.47. The maximum Gasteiger partial charge on any atom is 0.122 e. The highest BCUT2D eigenvalue weighted by molar-refractivity contribution is 9.10. The van der Waals surface area contributed by atoms with E-state index in [1.54, 1.807) is 18.4 Å². The van der Waals surface area contributed by atoms with Crippen LogP contribution in [0.2, 0.25) is 0 Å². The predicted molar refractivity (Wildman–Crippen MR) is 74.9 cm³/mol. The van der Waals surface area contributed by atoms with Crippen LogP contribution in [0, 0.1) is 6.92 Å². The third-order valence-electron chi connectivity index (χ3n) is 2.22. The number of ether oxygens (including phenoxy) is 1. The lowest BCUT2D eigenvalue weighted by Gasteiger charge is -2.07. The summed E-state index contributed by atoms with van der Waals surface area (Å²) in [5.74, 6) is 0.831. The molecule has 0 unspecified atom stereocenters. The summed E-state index contributed by atoms with van der Waals surface area (Å²) >= 11 is 5.12. The van der Waals surface area contributed by atoms with E-state index in [0.717, 1.165) is 33.2 Å².